The first-order valence-electron chi connectivity index (χ1n) is 11.3. The molecule has 1 saturated heterocycles. The van der Waals surface area contributed by atoms with Crippen LogP contribution in [0.4, 0.5) is 0 Å². The quantitative estimate of drug-likeness (QED) is 0.640. The summed E-state index contributed by atoms with van der Waals surface area (Å²) >= 11 is 0. The smallest absolute Gasteiger partial charge is 0.253 e. The summed E-state index contributed by atoms with van der Waals surface area (Å²) in [6.07, 6.45) is 0.750. The van der Waals surface area contributed by atoms with E-state index in [4.69, 9.17) is 14.2 Å². The van der Waals surface area contributed by atoms with Crippen molar-refractivity contribution in [1.82, 2.24) is 9.21 Å². The number of benzene rings is 2. The SMILES string of the molecule is CC(C)COc1ccc(C(=O)N2CCN(S(=O)(=O)c3ccc4c(c3)OCCCO4)CC2)cc1. The molecule has 33 heavy (non-hydrogen) atoms. The fraction of sp³-hybridized carbons (Fsp3) is 0.458. The van der Waals surface area contributed by atoms with E-state index in [0.717, 1.165) is 12.2 Å². The van der Waals surface area contributed by atoms with Crippen molar-refractivity contribution in [2.24, 2.45) is 5.92 Å². The maximum Gasteiger partial charge on any atom is 0.253 e. The first-order chi connectivity index (χ1) is 15.8. The first-order valence-corrected chi connectivity index (χ1v) is 12.7. The fourth-order valence-corrected chi connectivity index (χ4v) is 5.16. The average Bonchev–Trinajstić information content (AvgIpc) is 3.07. The maximum atomic E-state index is 13.2. The Kier molecular flexibility index (Phi) is 7.09. The lowest BCUT2D eigenvalue weighted by Gasteiger charge is -2.34. The van der Waals surface area contributed by atoms with Crippen molar-refractivity contribution in [3.05, 3.63) is 48.0 Å². The molecule has 0 aliphatic carbocycles. The van der Waals surface area contributed by atoms with E-state index in [2.05, 4.69) is 13.8 Å². The van der Waals surface area contributed by atoms with Gasteiger partial charge in [-0.2, -0.15) is 4.31 Å². The minimum absolute atomic E-state index is 0.113. The van der Waals surface area contributed by atoms with Crippen LogP contribution in [0.3, 0.4) is 0 Å². The van der Waals surface area contributed by atoms with E-state index in [1.165, 1.54) is 10.4 Å². The molecule has 4 rings (SSSR count). The van der Waals surface area contributed by atoms with Gasteiger partial charge in [0.2, 0.25) is 10.0 Å². The van der Waals surface area contributed by atoms with Crippen molar-refractivity contribution in [3.63, 3.8) is 0 Å². The number of amides is 1. The maximum absolute atomic E-state index is 13.2. The van der Waals surface area contributed by atoms with Gasteiger partial charge in [0.1, 0.15) is 5.75 Å². The Morgan fingerprint density at radius 1 is 0.970 bits per heavy atom. The Balaban J connectivity index is 1.38. The molecular formula is C24H30N2O6S. The largest absolute Gasteiger partial charge is 0.493 e. The number of hydrogen-bond acceptors (Lipinski definition) is 6. The molecule has 0 spiro atoms. The third-order valence-corrected chi connectivity index (χ3v) is 7.46. The van der Waals surface area contributed by atoms with Gasteiger partial charge in [-0.05, 0) is 42.3 Å². The summed E-state index contributed by atoms with van der Waals surface area (Å²) in [7, 11) is -3.70. The Morgan fingerprint density at radius 2 is 1.64 bits per heavy atom. The van der Waals surface area contributed by atoms with Gasteiger partial charge in [0.25, 0.3) is 5.91 Å². The number of nitrogens with zero attached hydrogens (tertiary/aromatic N) is 2. The minimum Gasteiger partial charge on any atom is -0.493 e. The molecule has 1 fully saturated rings. The van der Waals surface area contributed by atoms with E-state index in [1.54, 1.807) is 41.3 Å². The van der Waals surface area contributed by atoms with Crippen LogP contribution in [-0.2, 0) is 10.0 Å². The summed E-state index contributed by atoms with van der Waals surface area (Å²) in [4.78, 5) is 14.7. The van der Waals surface area contributed by atoms with Gasteiger partial charge in [0.15, 0.2) is 11.5 Å². The minimum atomic E-state index is -3.70. The van der Waals surface area contributed by atoms with E-state index in [-0.39, 0.29) is 23.9 Å². The summed E-state index contributed by atoms with van der Waals surface area (Å²) in [6, 6.07) is 11.8. The Hall–Kier alpha value is -2.78. The summed E-state index contributed by atoms with van der Waals surface area (Å²) < 4.78 is 44.6. The van der Waals surface area contributed by atoms with Gasteiger partial charge in [-0.1, -0.05) is 13.8 Å². The van der Waals surface area contributed by atoms with Gasteiger partial charge in [0.05, 0.1) is 24.7 Å². The van der Waals surface area contributed by atoms with Crippen LogP contribution in [0.2, 0.25) is 0 Å². The third-order valence-electron chi connectivity index (χ3n) is 5.57. The van der Waals surface area contributed by atoms with Crippen LogP contribution in [0.1, 0.15) is 30.6 Å². The highest BCUT2D eigenvalue weighted by atomic mass is 32.2. The lowest BCUT2D eigenvalue weighted by molar-refractivity contribution is 0.0698. The van der Waals surface area contributed by atoms with Crippen LogP contribution >= 0.6 is 0 Å². The highest BCUT2D eigenvalue weighted by Crippen LogP contribution is 2.33. The standard InChI is InChI=1S/C24H30N2O6S/c1-18(2)17-32-20-6-4-19(5-7-20)24(27)25-10-12-26(13-11-25)33(28,29)21-8-9-22-23(16-21)31-15-3-14-30-22/h4-9,16,18H,3,10-15,17H2,1-2H3. The van der Waals surface area contributed by atoms with E-state index in [0.29, 0.717) is 55.9 Å². The molecule has 1 amide bonds. The van der Waals surface area contributed by atoms with Crippen LogP contribution in [0.15, 0.2) is 47.4 Å². The van der Waals surface area contributed by atoms with Crippen molar-refractivity contribution < 1.29 is 27.4 Å². The molecule has 0 bridgehead atoms. The van der Waals surface area contributed by atoms with Crippen LogP contribution in [-0.4, -0.2) is 69.5 Å². The Bertz CT molecular complexity index is 1080. The molecule has 2 heterocycles. The zero-order valence-corrected chi connectivity index (χ0v) is 19.8. The van der Waals surface area contributed by atoms with E-state index in [9.17, 15) is 13.2 Å². The van der Waals surface area contributed by atoms with E-state index in [1.807, 2.05) is 0 Å². The van der Waals surface area contributed by atoms with Crippen molar-refractivity contribution in [2.75, 3.05) is 46.0 Å². The fourth-order valence-electron chi connectivity index (χ4n) is 3.72. The molecule has 2 aliphatic heterocycles. The van der Waals surface area contributed by atoms with Crippen LogP contribution in [0.25, 0.3) is 0 Å². The molecule has 2 aromatic rings. The zero-order valence-electron chi connectivity index (χ0n) is 19.0. The van der Waals surface area contributed by atoms with Gasteiger partial charge in [0, 0.05) is 44.2 Å². The Labute approximate surface area is 195 Å². The van der Waals surface area contributed by atoms with Gasteiger partial charge < -0.3 is 19.1 Å². The summed E-state index contributed by atoms with van der Waals surface area (Å²) in [5, 5.41) is 0. The average molecular weight is 475 g/mol. The number of fused-ring (bicyclic) bond motifs is 1. The van der Waals surface area contributed by atoms with Crippen molar-refractivity contribution in [2.45, 2.75) is 25.2 Å². The van der Waals surface area contributed by atoms with Crippen LogP contribution in [0, 0.1) is 5.92 Å². The molecule has 8 nitrogen and oxygen atoms in total. The number of carbonyl (C=O) groups excluding carboxylic acids is 1. The number of sulfonamides is 1. The molecule has 9 heteroatoms. The summed E-state index contributed by atoms with van der Waals surface area (Å²) in [5.41, 5.74) is 0.561. The number of rotatable bonds is 6. The summed E-state index contributed by atoms with van der Waals surface area (Å²) in [6.45, 7) is 6.93. The lowest BCUT2D eigenvalue weighted by atomic mass is 10.1. The molecule has 2 aromatic carbocycles. The van der Waals surface area contributed by atoms with E-state index >= 15 is 0 Å². The number of ether oxygens (including phenoxy) is 3. The molecule has 0 unspecified atom stereocenters. The van der Waals surface area contributed by atoms with Crippen LogP contribution in [0.5, 0.6) is 17.2 Å². The van der Waals surface area contributed by atoms with Crippen molar-refractivity contribution in [1.29, 1.82) is 0 Å². The van der Waals surface area contributed by atoms with Crippen LogP contribution < -0.4 is 14.2 Å². The van der Waals surface area contributed by atoms with Crippen molar-refractivity contribution in [3.8, 4) is 17.2 Å². The van der Waals surface area contributed by atoms with Crippen molar-refractivity contribution >= 4 is 15.9 Å². The molecule has 0 radical (unpaired) electrons. The molecule has 2 aliphatic rings. The third kappa shape index (κ3) is 5.42. The first kappa shape index (κ1) is 23.4. The zero-order chi connectivity index (χ0) is 23.4. The van der Waals surface area contributed by atoms with Gasteiger partial charge in [-0.25, -0.2) is 8.42 Å². The second-order valence-electron chi connectivity index (χ2n) is 8.58. The molecule has 0 aromatic heterocycles. The normalized spacial score (nSPS) is 17.0. The monoisotopic (exact) mass is 474 g/mol. The van der Waals surface area contributed by atoms with Gasteiger partial charge >= 0.3 is 0 Å². The summed E-state index contributed by atoms with van der Waals surface area (Å²) in [5.74, 6) is 2.04. The number of carbonyl (C=O) groups is 1. The molecule has 0 atom stereocenters. The second kappa shape index (κ2) is 10.0. The lowest BCUT2D eigenvalue weighted by Crippen LogP contribution is -2.50. The highest BCUT2D eigenvalue weighted by Gasteiger charge is 2.31. The predicted octanol–water partition coefficient (Wildman–Crippen LogP) is 3.03. The number of hydrogen-bond donors (Lipinski definition) is 0. The molecule has 178 valence electrons. The van der Waals surface area contributed by atoms with E-state index < -0.39 is 10.0 Å². The van der Waals surface area contributed by atoms with Gasteiger partial charge in [-0.15, -0.1) is 0 Å². The predicted molar refractivity (Wildman–Crippen MR) is 123 cm³/mol. The second-order valence-corrected chi connectivity index (χ2v) is 10.5. The van der Waals surface area contributed by atoms with Gasteiger partial charge in [-0.3, -0.25) is 4.79 Å². The number of piperazine rings is 1. The molecule has 0 saturated carbocycles. The molecular weight excluding hydrogens is 444 g/mol. The Morgan fingerprint density at radius 3 is 2.30 bits per heavy atom. The molecule has 0 N–H and O–H groups in total. The highest BCUT2D eigenvalue weighted by molar-refractivity contribution is 7.89. The topological polar surface area (TPSA) is 85.4 Å².